The van der Waals surface area contributed by atoms with E-state index in [2.05, 4.69) is 21.0 Å². The third-order valence-electron chi connectivity index (χ3n) is 3.55. The van der Waals surface area contributed by atoms with Gasteiger partial charge in [0, 0.05) is 17.0 Å². The molecule has 0 N–H and O–H groups in total. The molecule has 0 unspecified atom stereocenters. The molecule has 1 atom stereocenters. The molecular formula is C18H17BrN2O3. The minimum absolute atomic E-state index is 0.167. The van der Waals surface area contributed by atoms with Gasteiger partial charge in [0.05, 0.1) is 0 Å². The van der Waals surface area contributed by atoms with Crippen LogP contribution in [0.2, 0.25) is 0 Å². The second kappa shape index (κ2) is 7.05. The van der Waals surface area contributed by atoms with Crippen LogP contribution in [0.3, 0.4) is 0 Å². The highest BCUT2D eigenvalue weighted by Crippen LogP contribution is 2.29. The summed E-state index contributed by atoms with van der Waals surface area (Å²) in [7, 11) is 0. The summed E-state index contributed by atoms with van der Waals surface area (Å²) in [5.41, 5.74) is 2.01. The molecule has 24 heavy (non-hydrogen) atoms. The highest BCUT2D eigenvalue weighted by molar-refractivity contribution is 9.10. The van der Waals surface area contributed by atoms with Crippen molar-refractivity contribution in [2.45, 2.75) is 20.1 Å². The fraction of sp³-hybridized carbons (Fsp3) is 0.222. The summed E-state index contributed by atoms with van der Waals surface area (Å²) in [4.78, 5) is 11.8. The molecule has 0 aliphatic carbocycles. The van der Waals surface area contributed by atoms with Crippen LogP contribution in [0.1, 0.15) is 24.3 Å². The Hall–Kier alpha value is -2.34. The SMILES string of the molecule is CC(=O)N1N=C(COc2ccc(C)cc2)O[C@@H]1c1ccc(Br)cc1. The Morgan fingerprint density at radius 1 is 1.21 bits per heavy atom. The Labute approximate surface area is 149 Å². The standard InChI is InChI=1S/C18H17BrN2O3/c1-12-3-9-16(10-4-12)23-11-17-20-21(13(2)22)18(24-17)14-5-7-15(19)8-6-14/h3-10,18H,11H2,1-2H3/t18-/m1/s1. The first-order valence-corrected chi connectivity index (χ1v) is 8.31. The zero-order valence-electron chi connectivity index (χ0n) is 13.4. The van der Waals surface area contributed by atoms with Gasteiger partial charge in [0.25, 0.3) is 0 Å². The summed E-state index contributed by atoms with van der Waals surface area (Å²) >= 11 is 3.40. The molecular weight excluding hydrogens is 372 g/mol. The van der Waals surface area contributed by atoms with Gasteiger partial charge in [-0.2, -0.15) is 5.01 Å². The zero-order valence-corrected chi connectivity index (χ0v) is 15.0. The molecule has 0 fully saturated rings. The van der Waals surface area contributed by atoms with E-state index in [0.29, 0.717) is 5.90 Å². The number of amides is 1. The van der Waals surface area contributed by atoms with Gasteiger partial charge < -0.3 is 9.47 Å². The number of rotatable bonds is 4. The van der Waals surface area contributed by atoms with E-state index in [9.17, 15) is 4.79 Å². The molecule has 0 spiro atoms. The number of carbonyl (C=O) groups is 1. The third-order valence-corrected chi connectivity index (χ3v) is 4.08. The number of carbonyl (C=O) groups excluding carboxylic acids is 1. The van der Waals surface area contributed by atoms with Crippen LogP contribution in [0.25, 0.3) is 0 Å². The monoisotopic (exact) mass is 388 g/mol. The first kappa shape index (κ1) is 16.5. The van der Waals surface area contributed by atoms with Gasteiger partial charge in [-0.05, 0) is 31.2 Å². The van der Waals surface area contributed by atoms with Crippen LogP contribution < -0.4 is 4.74 Å². The number of halogens is 1. The summed E-state index contributed by atoms with van der Waals surface area (Å²) in [5.74, 6) is 0.917. The van der Waals surface area contributed by atoms with Crippen LogP contribution >= 0.6 is 15.9 Å². The van der Waals surface area contributed by atoms with E-state index in [4.69, 9.17) is 9.47 Å². The average Bonchev–Trinajstić information content (AvgIpc) is 3.00. The van der Waals surface area contributed by atoms with E-state index < -0.39 is 6.23 Å². The second-order valence-corrected chi connectivity index (χ2v) is 6.40. The highest BCUT2D eigenvalue weighted by atomic mass is 79.9. The Bertz CT molecular complexity index is 757. The van der Waals surface area contributed by atoms with Crippen LogP contribution in [0.15, 0.2) is 58.1 Å². The number of hydrazone groups is 1. The van der Waals surface area contributed by atoms with Crippen LogP contribution in [-0.4, -0.2) is 23.4 Å². The van der Waals surface area contributed by atoms with E-state index in [0.717, 1.165) is 21.3 Å². The van der Waals surface area contributed by atoms with Gasteiger partial charge >= 0.3 is 0 Å². The molecule has 6 heteroatoms. The Morgan fingerprint density at radius 2 is 1.88 bits per heavy atom. The molecule has 3 rings (SSSR count). The van der Waals surface area contributed by atoms with Crippen molar-refractivity contribution < 1.29 is 14.3 Å². The number of hydrogen-bond acceptors (Lipinski definition) is 4. The molecule has 0 saturated carbocycles. The maximum Gasteiger partial charge on any atom is 0.247 e. The number of nitrogens with zero attached hydrogens (tertiary/aromatic N) is 2. The summed E-state index contributed by atoms with van der Waals surface area (Å²) in [6.45, 7) is 3.64. The van der Waals surface area contributed by atoms with E-state index in [1.54, 1.807) is 0 Å². The molecule has 0 bridgehead atoms. The first-order chi connectivity index (χ1) is 11.5. The summed E-state index contributed by atoms with van der Waals surface area (Å²) in [5, 5.41) is 5.57. The third kappa shape index (κ3) is 3.76. The van der Waals surface area contributed by atoms with Crippen LogP contribution in [0.4, 0.5) is 0 Å². The quantitative estimate of drug-likeness (QED) is 0.794. The fourth-order valence-corrected chi connectivity index (χ4v) is 2.55. The van der Waals surface area contributed by atoms with E-state index in [1.807, 2.05) is 55.5 Å². The van der Waals surface area contributed by atoms with Gasteiger partial charge in [-0.3, -0.25) is 4.79 Å². The van der Waals surface area contributed by atoms with Crippen molar-refractivity contribution in [1.29, 1.82) is 0 Å². The Morgan fingerprint density at radius 3 is 2.50 bits per heavy atom. The van der Waals surface area contributed by atoms with Crippen molar-refractivity contribution in [2.24, 2.45) is 5.10 Å². The molecule has 124 valence electrons. The van der Waals surface area contributed by atoms with Gasteiger partial charge in [0.1, 0.15) is 5.75 Å². The van der Waals surface area contributed by atoms with Gasteiger partial charge in [0.2, 0.25) is 18.0 Å². The minimum Gasteiger partial charge on any atom is -0.484 e. The molecule has 0 saturated heterocycles. The van der Waals surface area contributed by atoms with E-state index in [1.165, 1.54) is 11.9 Å². The van der Waals surface area contributed by atoms with E-state index >= 15 is 0 Å². The van der Waals surface area contributed by atoms with E-state index in [-0.39, 0.29) is 12.5 Å². The number of ether oxygens (including phenoxy) is 2. The van der Waals surface area contributed by atoms with Gasteiger partial charge in [-0.25, -0.2) is 0 Å². The number of aryl methyl sites for hydroxylation is 1. The van der Waals surface area contributed by atoms with Crippen molar-refractivity contribution >= 4 is 27.7 Å². The van der Waals surface area contributed by atoms with Crippen LogP contribution in [0.5, 0.6) is 5.75 Å². The zero-order chi connectivity index (χ0) is 17.1. The second-order valence-electron chi connectivity index (χ2n) is 5.48. The van der Waals surface area contributed by atoms with Crippen molar-refractivity contribution in [3.05, 3.63) is 64.1 Å². The molecule has 2 aromatic carbocycles. The molecule has 5 nitrogen and oxygen atoms in total. The van der Waals surface area contributed by atoms with Gasteiger partial charge in [-0.15, -0.1) is 5.10 Å². The van der Waals surface area contributed by atoms with Crippen molar-refractivity contribution in [3.63, 3.8) is 0 Å². The average molecular weight is 389 g/mol. The lowest BCUT2D eigenvalue weighted by Gasteiger charge is -2.19. The van der Waals surface area contributed by atoms with Crippen molar-refractivity contribution in [1.82, 2.24) is 5.01 Å². The lowest BCUT2D eigenvalue weighted by Crippen LogP contribution is -2.25. The van der Waals surface area contributed by atoms with Crippen LogP contribution in [0, 0.1) is 6.92 Å². The van der Waals surface area contributed by atoms with Gasteiger partial charge in [0.15, 0.2) is 6.61 Å². The van der Waals surface area contributed by atoms with Crippen molar-refractivity contribution in [3.8, 4) is 5.75 Å². The summed E-state index contributed by atoms with van der Waals surface area (Å²) in [6, 6.07) is 15.3. The summed E-state index contributed by atoms with van der Waals surface area (Å²) in [6.07, 6.45) is -0.563. The predicted octanol–water partition coefficient (Wildman–Crippen LogP) is 4.03. The molecule has 0 radical (unpaired) electrons. The van der Waals surface area contributed by atoms with Crippen LogP contribution in [-0.2, 0) is 9.53 Å². The fourth-order valence-electron chi connectivity index (χ4n) is 2.29. The predicted molar refractivity (Wildman–Crippen MR) is 94.6 cm³/mol. The number of hydrogen-bond donors (Lipinski definition) is 0. The summed E-state index contributed by atoms with van der Waals surface area (Å²) < 4.78 is 12.5. The Balaban J connectivity index is 1.70. The van der Waals surface area contributed by atoms with Crippen molar-refractivity contribution in [2.75, 3.05) is 6.61 Å². The maximum absolute atomic E-state index is 11.8. The smallest absolute Gasteiger partial charge is 0.247 e. The molecule has 1 aliphatic rings. The topological polar surface area (TPSA) is 51.1 Å². The lowest BCUT2D eigenvalue weighted by molar-refractivity contribution is -0.135. The highest BCUT2D eigenvalue weighted by Gasteiger charge is 2.32. The largest absolute Gasteiger partial charge is 0.484 e. The first-order valence-electron chi connectivity index (χ1n) is 7.52. The number of benzene rings is 2. The molecule has 0 aromatic heterocycles. The Kier molecular flexibility index (Phi) is 4.85. The van der Waals surface area contributed by atoms with Gasteiger partial charge in [-0.1, -0.05) is 45.8 Å². The minimum atomic E-state index is -0.563. The maximum atomic E-state index is 11.8. The lowest BCUT2D eigenvalue weighted by atomic mass is 10.2. The molecule has 2 aromatic rings. The normalized spacial score (nSPS) is 16.5. The molecule has 1 amide bonds. The molecule has 1 aliphatic heterocycles. The molecule has 1 heterocycles.